The van der Waals surface area contributed by atoms with Crippen molar-refractivity contribution in [2.75, 3.05) is 39.3 Å². The minimum absolute atomic E-state index is 0.0809. The Kier molecular flexibility index (Phi) is 6.44. The number of piperazine rings is 1. The highest BCUT2D eigenvalue weighted by Crippen LogP contribution is 2.08. The SMILES string of the molecule is C=CC(=O)NCCCN1CCN(Cc2ccccc2)CC1. The molecule has 0 unspecified atom stereocenters. The molecule has 114 valence electrons. The number of nitrogens with one attached hydrogen (secondary N) is 1. The average Bonchev–Trinajstić information content (AvgIpc) is 2.54. The van der Waals surface area contributed by atoms with Gasteiger partial charge in [-0.1, -0.05) is 36.9 Å². The van der Waals surface area contributed by atoms with Gasteiger partial charge in [-0.05, 0) is 24.6 Å². The zero-order chi connectivity index (χ0) is 14.9. The Bertz CT molecular complexity index is 439. The molecule has 4 heteroatoms. The van der Waals surface area contributed by atoms with Gasteiger partial charge in [-0.3, -0.25) is 9.69 Å². The molecule has 0 bridgehead atoms. The van der Waals surface area contributed by atoms with Crippen LogP contribution in [0.25, 0.3) is 0 Å². The molecule has 2 rings (SSSR count). The van der Waals surface area contributed by atoms with Crippen LogP contribution in [-0.4, -0.2) is 55.0 Å². The van der Waals surface area contributed by atoms with Crippen LogP contribution in [0.5, 0.6) is 0 Å². The summed E-state index contributed by atoms with van der Waals surface area (Å²) in [6, 6.07) is 10.6. The van der Waals surface area contributed by atoms with Crippen molar-refractivity contribution in [1.29, 1.82) is 0 Å². The Hall–Kier alpha value is -1.65. The van der Waals surface area contributed by atoms with Gasteiger partial charge in [0.2, 0.25) is 5.91 Å². The molecule has 1 aliphatic heterocycles. The highest BCUT2D eigenvalue weighted by molar-refractivity contribution is 5.86. The van der Waals surface area contributed by atoms with E-state index in [0.29, 0.717) is 0 Å². The van der Waals surface area contributed by atoms with E-state index in [-0.39, 0.29) is 5.91 Å². The van der Waals surface area contributed by atoms with Crippen molar-refractivity contribution in [3.8, 4) is 0 Å². The molecule has 0 saturated carbocycles. The zero-order valence-corrected chi connectivity index (χ0v) is 12.6. The number of rotatable bonds is 7. The van der Waals surface area contributed by atoms with Gasteiger partial charge in [-0.25, -0.2) is 0 Å². The molecule has 0 aromatic heterocycles. The van der Waals surface area contributed by atoms with Crippen molar-refractivity contribution < 1.29 is 4.79 Å². The second-order valence-corrected chi connectivity index (χ2v) is 5.45. The van der Waals surface area contributed by atoms with E-state index in [4.69, 9.17) is 0 Å². The molecule has 1 aromatic rings. The highest BCUT2D eigenvalue weighted by Gasteiger charge is 2.16. The Labute approximate surface area is 127 Å². The number of carbonyl (C=O) groups is 1. The van der Waals surface area contributed by atoms with Crippen LogP contribution >= 0.6 is 0 Å². The van der Waals surface area contributed by atoms with Crippen LogP contribution in [0.3, 0.4) is 0 Å². The maximum atomic E-state index is 11.0. The molecule has 0 aliphatic carbocycles. The lowest BCUT2D eigenvalue weighted by Crippen LogP contribution is -2.46. The Morgan fingerprint density at radius 3 is 2.48 bits per heavy atom. The molecule has 21 heavy (non-hydrogen) atoms. The summed E-state index contributed by atoms with van der Waals surface area (Å²) in [5, 5.41) is 2.82. The molecule has 0 radical (unpaired) electrons. The van der Waals surface area contributed by atoms with Gasteiger partial charge in [-0.2, -0.15) is 0 Å². The maximum Gasteiger partial charge on any atom is 0.243 e. The zero-order valence-electron chi connectivity index (χ0n) is 12.6. The first-order valence-corrected chi connectivity index (χ1v) is 7.67. The topological polar surface area (TPSA) is 35.6 Å². The van der Waals surface area contributed by atoms with E-state index in [9.17, 15) is 4.79 Å². The van der Waals surface area contributed by atoms with Gasteiger partial charge < -0.3 is 10.2 Å². The number of benzene rings is 1. The standard InChI is InChI=1S/C17H25N3O/c1-2-17(21)18-9-6-10-19-11-13-20(14-12-19)15-16-7-4-3-5-8-16/h2-5,7-8H,1,6,9-15H2,(H,18,21). The lowest BCUT2D eigenvalue weighted by Gasteiger charge is -2.34. The molecule has 1 fully saturated rings. The third-order valence-corrected chi connectivity index (χ3v) is 3.85. The van der Waals surface area contributed by atoms with E-state index >= 15 is 0 Å². The quantitative estimate of drug-likeness (QED) is 0.610. The summed E-state index contributed by atoms with van der Waals surface area (Å²) in [5.74, 6) is -0.0809. The van der Waals surface area contributed by atoms with Crippen LogP contribution in [0, 0.1) is 0 Å². The summed E-state index contributed by atoms with van der Waals surface area (Å²) in [7, 11) is 0. The van der Waals surface area contributed by atoms with E-state index in [2.05, 4.69) is 52.0 Å². The van der Waals surface area contributed by atoms with E-state index in [1.165, 1.54) is 11.6 Å². The molecular weight excluding hydrogens is 262 g/mol. The first-order chi connectivity index (χ1) is 10.3. The second kappa shape index (κ2) is 8.60. The minimum Gasteiger partial charge on any atom is -0.353 e. The molecule has 1 aromatic carbocycles. The van der Waals surface area contributed by atoms with Crippen molar-refractivity contribution >= 4 is 5.91 Å². The molecular formula is C17H25N3O. The predicted molar refractivity (Wildman–Crippen MR) is 86.0 cm³/mol. The van der Waals surface area contributed by atoms with Gasteiger partial charge >= 0.3 is 0 Å². The lowest BCUT2D eigenvalue weighted by atomic mass is 10.2. The van der Waals surface area contributed by atoms with Crippen molar-refractivity contribution in [1.82, 2.24) is 15.1 Å². The van der Waals surface area contributed by atoms with Gasteiger partial charge in [-0.15, -0.1) is 0 Å². The van der Waals surface area contributed by atoms with Gasteiger partial charge in [0.15, 0.2) is 0 Å². The van der Waals surface area contributed by atoms with Crippen molar-refractivity contribution in [3.05, 3.63) is 48.6 Å². The molecule has 1 amide bonds. The number of amides is 1. The molecule has 4 nitrogen and oxygen atoms in total. The fourth-order valence-corrected chi connectivity index (χ4v) is 2.60. The van der Waals surface area contributed by atoms with Crippen LogP contribution in [0.1, 0.15) is 12.0 Å². The van der Waals surface area contributed by atoms with Gasteiger partial charge in [0.1, 0.15) is 0 Å². The fourth-order valence-electron chi connectivity index (χ4n) is 2.60. The largest absolute Gasteiger partial charge is 0.353 e. The molecule has 0 atom stereocenters. The van der Waals surface area contributed by atoms with E-state index in [1.54, 1.807) is 0 Å². The van der Waals surface area contributed by atoms with Crippen LogP contribution in [0.4, 0.5) is 0 Å². The summed E-state index contributed by atoms with van der Waals surface area (Å²) in [6.45, 7) is 10.7. The summed E-state index contributed by atoms with van der Waals surface area (Å²) in [5.41, 5.74) is 1.39. The summed E-state index contributed by atoms with van der Waals surface area (Å²) in [4.78, 5) is 16.0. The molecule has 0 spiro atoms. The number of hydrogen-bond donors (Lipinski definition) is 1. The third kappa shape index (κ3) is 5.69. The first kappa shape index (κ1) is 15.7. The average molecular weight is 287 g/mol. The summed E-state index contributed by atoms with van der Waals surface area (Å²) in [6.07, 6.45) is 2.32. The second-order valence-electron chi connectivity index (χ2n) is 5.45. The molecule has 1 saturated heterocycles. The highest BCUT2D eigenvalue weighted by atomic mass is 16.1. The van der Waals surface area contributed by atoms with Crippen LogP contribution < -0.4 is 5.32 Å². The van der Waals surface area contributed by atoms with Crippen LogP contribution in [0.15, 0.2) is 43.0 Å². The van der Waals surface area contributed by atoms with Gasteiger partial charge in [0.05, 0.1) is 0 Å². The Morgan fingerprint density at radius 2 is 1.81 bits per heavy atom. The minimum atomic E-state index is -0.0809. The number of carbonyl (C=O) groups excluding carboxylic acids is 1. The number of nitrogens with zero attached hydrogens (tertiary/aromatic N) is 2. The smallest absolute Gasteiger partial charge is 0.243 e. The van der Waals surface area contributed by atoms with Crippen molar-refractivity contribution in [2.24, 2.45) is 0 Å². The molecule has 1 aliphatic rings. The number of hydrogen-bond acceptors (Lipinski definition) is 3. The van der Waals surface area contributed by atoms with E-state index < -0.39 is 0 Å². The normalized spacial score (nSPS) is 16.6. The summed E-state index contributed by atoms with van der Waals surface area (Å²) < 4.78 is 0. The van der Waals surface area contributed by atoms with Crippen molar-refractivity contribution in [2.45, 2.75) is 13.0 Å². The predicted octanol–water partition coefficient (Wildman–Crippen LogP) is 1.50. The van der Waals surface area contributed by atoms with Crippen molar-refractivity contribution in [3.63, 3.8) is 0 Å². The molecule has 1 heterocycles. The fraction of sp³-hybridized carbons (Fsp3) is 0.471. The van der Waals surface area contributed by atoms with Crippen LogP contribution in [-0.2, 0) is 11.3 Å². The Morgan fingerprint density at radius 1 is 1.14 bits per heavy atom. The monoisotopic (exact) mass is 287 g/mol. The van der Waals surface area contributed by atoms with E-state index in [0.717, 1.165) is 52.2 Å². The molecule has 1 N–H and O–H groups in total. The third-order valence-electron chi connectivity index (χ3n) is 3.85. The van der Waals surface area contributed by atoms with E-state index in [1.807, 2.05) is 0 Å². The lowest BCUT2D eigenvalue weighted by molar-refractivity contribution is -0.116. The van der Waals surface area contributed by atoms with Gasteiger partial charge in [0.25, 0.3) is 0 Å². The summed E-state index contributed by atoms with van der Waals surface area (Å²) >= 11 is 0. The first-order valence-electron chi connectivity index (χ1n) is 7.67. The maximum absolute atomic E-state index is 11.0. The van der Waals surface area contributed by atoms with Crippen LogP contribution in [0.2, 0.25) is 0 Å². The Balaban J connectivity index is 1.60. The van der Waals surface area contributed by atoms with Gasteiger partial charge in [0, 0.05) is 39.3 Å².